The lowest BCUT2D eigenvalue weighted by Gasteiger charge is -2.17. The number of rotatable bonds is 7. The fourth-order valence-electron chi connectivity index (χ4n) is 2.67. The average Bonchev–Trinajstić information content (AvgIpc) is 3.14. The van der Waals surface area contributed by atoms with Crippen molar-refractivity contribution in [1.29, 1.82) is 0 Å². The minimum Gasteiger partial charge on any atom is -0.341 e. The van der Waals surface area contributed by atoms with Gasteiger partial charge in [0.15, 0.2) is 0 Å². The Kier molecular flexibility index (Phi) is 6.41. The van der Waals surface area contributed by atoms with E-state index in [1.807, 2.05) is 24.3 Å². The standard InChI is InChI=1S/C20H22FN5OS/c1-14(2)16-7-9-18(10-8-16)26-20(22-23-24-26)28-13-19(27)25(3)12-15-5-4-6-17(21)11-15/h4-11,14H,12-13H2,1-3H3. The van der Waals surface area contributed by atoms with Crippen LogP contribution in [0.5, 0.6) is 0 Å². The van der Waals surface area contributed by atoms with Crippen molar-refractivity contribution < 1.29 is 9.18 Å². The molecule has 28 heavy (non-hydrogen) atoms. The highest BCUT2D eigenvalue weighted by Gasteiger charge is 2.15. The van der Waals surface area contributed by atoms with E-state index in [0.29, 0.717) is 17.6 Å². The molecule has 0 fully saturated rings. The van der Waals surface area contributed by atoms with Crippen LogP contribution in [0.25, 0.3) is 5.69 Å². The van der Waals surface area contributed by atoms with Crippen LogP contribution < -0.4 is 0 Å². The number of carbonyl (C=O) groups excluding carboxylic acids is 1. The van der Waals surface area contributed by atoms with Crippen LogP contribution in [0, 0.1) is 5.82 Å². The second-order valence-corrected chi connectivity index (χ2v) is 7.73. The van der Waals surface area contributed by atoms with Gasteiger partial charge in [0.2, 0.25) is 11.1 Å². The average molecular weight is 399 g/mol. The Morgan fingerprint density at radius 3 is 2.64 bits per heavy atom. The van der Waals surface area contributed by atoms with E-state index in [1.165, 1.54) is 29.5 Å². The van der Waals surface area contributed by atoms with Gasteiger partial charge in [-0.25, -0.2) is 4.39 Å². The zero-order chi connectivity index (χ0) is 20.1. The fourth-order valence-corrected chi connectivity index (χ4v) is 3.50. The molecule has 0 aliphatic carbocycles. The summed E-state index contributed by atoms with van der Waals surface area (Å²) in [6.07, 6.45) is 0. The number of halogens is 1. The van der Waals surface area contributed by atoms with Crippen molar-refractivity contribution in [2.45, 2.75) is 31.5 Å². The molecule has 0 aliphatic rings. The number of nitrogens with zero attached hydrogens (tertiary/aromatic N) is 5. The summed E-state index contributed by atoms with van der Waals surface area (Å²) in [5.41, 5.74) is 2.83. The van der Waals surface area contributed by atoms with Gasteiger partial charge >= 0.3 is 0 Å². The Morgan fingerprint density at radius 2 is 1.96 bits per heavy atom. The maximum absolute atomic E-state index is 13.3. The van der Waals surface area contributed by atoms with E-state index in [-0.39, 0.29) is 17.5 Å². The molecule has 1 heterocycles. The zero-order valence-electron chi connectivity index (χ0n) is 16.0. The van der Waals surface area contributed by atoms with Gasteiger partial charge in [-0.15, -0.1) is 5.10 Å². The first-order valence-corrected chi connectivity index (χ1v) is 9.92. The van der Waals surface area contributed by atoms with Gasteiger partial charge in [0.25, 0.3) is 0 Å². The molecule has 0 aliphatic heterocycles. The number of thioether (sulfide) groups is 1. The third-order valence-electron chi connectivity index (χ3n) is 4.30. The van der Waals surface area contributed by atoms with E-state index in [2.05, 4.69) is 29.4 Å². The number of aromatic nitrogens is 4. The van der Waals surface area contributed by atoms with Gasteiger partial charge in [-0.1, -0.05) is 49.9 Å². The lowest BCUT2D eigenvalue weighted by molar-refractivity contribution is -0.127. The van der Waals surface area contributed by atoms with Gasteiger partial charge in [-0.05, 0) is 51.7 Å². The topological polar surface area (TPSA) is 63.9 Å². The van der Waals surface area contributed by atoms with E-state index >= 15 is 0 Å². The fraction of sp³-hybridized carbons (Fsp3) is 0.300. The predicted octanol–water partition coefficient (Wildman–Crippen LogP) is 3.68. The maximum atomic E-state index is 13.3. The number of benzene rings is 2. The lowest BCUT2D eigenvalue weighted by atomic mass is 10.0. The van der Waals surface area contributed by atoms with E-state index in [4.69, 9.17) is 0 Å². The molecule has 0 saturated carbocycles. The third kappa shape index (κ3) is 4.95. The van der Waals surface area contributed by atoms with Crippen molar-refractivity contribution in [2.75, 3.05) is 12.8 Å². The minimum atomic E-state index is -0.310. The Hall–Kier alpha value is -2.74. The molecule has 0 N–H and O–H groups in total. The Balaban J connectivity index is 1.62. The lowest BCUT2D eigenvalue weighted by Crippen LogP contribution is -2.28. The van der Waals surface area contributed by atoms with Crippen LogP contribution in [-0.2, 0) is 11.3 Å². The summed E-state index contributed by atoms with van der Waals surface area (Å²) >= 11 is 1.27. The molecule has 0 bridgehead atoms. The molecule has 1 amide bonds. The Bertz CT molecular complexity index is 942. The summed E-state index contributed by atoms with van der Waals surface area (Å²) in [6, 6.07) is 14.3. The second-order valence-electron chi connectivity index (χ2n) is 6.79. The Morgan fingerprint density at radius 1 is 1.21 bits per heavy atom. The quantitative estimate of drug-likeness (QED) is 0.567. The summed E-state index contributed by atoms with van der Waals surface area (Å²) in [5.74, 6) is 0.244. The molecule has 8 heteroatoms. The van der Waals surface area contributed by atoms with E-state index in [1.54, 1.807) is 28.8 Å². The van der Waals surface area contributed by atoms with Gasteiger partial charge < -0.3 is 4.90 Å². The van der Waals surface area contributed by atoms with E-state index in [9.17, 15) is 9.18 Å². The molecular formula is C20H22FN5OS. The van der Waals surface area contributed by atoms with Crippen LogP contribution in [0.15, 0.2) is 53.7 Å². The molecule has 3 aromatic rings. The molecule has 2 aromatic carbocycles. The molecule has 0 radical (unpaired) electrons. The molecule has 0 atom stereocenters. The highest BCUT2D eigenvalue weighted by molar-refractivity contribution is 7.99. The molecule has 0 saturated heterocycles. The van der Waals surface area contributed by atoms with Crippen LogP contribution in [0.2, 0.25) is 0 Å². The molecule has 0 spiro atoms. The molecule has 1 aromatic heterocycles. The molecule has 0 unspecified atom stereocenters. The van der Waals surface area contributed by atoms with E-state index in [0.717, 1.165) is 11.3 Å². The van der Waals surface area contributed by atoms with Crippen molar-refractivity contribution in [3.8, 4) is 5.69 Å². The third-order valence-corrected chi connectivity index (χ3v) is 5.21. The highest BCUT2D eigenvalue weighted by Crippen LogP contribution is 2.21. The minimum absolute atomic E-state index is 0.0843. The van der Waals surface area contributed by atoms with Crippen molar-refractivity contribution in [3.63, 3.8) is 0 Å². The van der Waals surface area contributed by atoms with Crippen LogP contribution in [0.3, 0.4) is 0 Å². The van der Waals surface area contributed by atoms with Crippen molar-refractivity contribution >= 4 is 17.7 Å². The van der Waals surface area contributed by atoms with Gasteiger partial charge in [-0.3, -0.25) is 4.79 Å². The largest absolute Gasteiger partial charge is 0.341 e. The molecule has 146 valence electrons. The van der Waals surface area contributed by atoms with Crippen LogP contribution in [0.1, 0.15) is 30.9 Å². The number of hydrogen-bond donors (Lipinski definition) is 0. The SMILES string of the molecule is CC(C)c1ccc(-n2nnnc2SCC(=O)N(C)Cc2cccc(F)c2)cc1. The van der Waals surface area contributed by atoms with Crippen molar-refractivity contribution in [3.05, 3.63) is 65.5 Å². The second kappa shape index (κ2) is 8.97. The van der Waals surface area contributed by atoms with Crippen LogP contribution >= 0.6 is 11.8 Å². The van der Waals surface area contributed by atoms with Gasteiger partial charge in [0.05, 0.1) is 11.4 Å². The number of tetrazole rings is 1. The Labute approximate surface area is 167 Å². The first-order chi connectivity index (χ1) is 13.4. The number of hydrogen-bond acceptors (Lipinski definition) is 5. The van der Waals surface area contributed by atoms with E-state index < -0.39 is 0 Å². The monoisotopic (exact) mass is 399 g/mol. The normalized spacial score (nSPS) is 11.0. The van der Waals surface area contributed by atoms with Gasteiger partial charge in [0, 0.05) is 13.6 Å². The van der Waals surface area contributed by atoms with Crippen LogP contribution in [-0.4, -0.2) is 43.8 Å². The molecular weight excluding hydrogens is 377 g/mol. The first kappa shape index (κ1) is 20.0. The maximum Gasteiger partial charge on any atom is 0.233 e. The summed E-state index contributed by atoms with van der Waals surface area (Å²) in [4.78, 5) is 14.0. The summed E-state index contributed by atoms with van der Waals surface area (Å²) in [6.45, 7) is 4.62. The summed E-state index contributed by atoms with van der Waals surface area (Å²) in [7, 11) is 1.70. The summed E-state index contributed by atoms with van der Waals surface area (Å²) in [5, 5.41) is 12.3. The summed E-state index contributed by atoms with van der Waals surface area (Å²) < 4.78 is 14.9. The van der Waals surface area contributed by atoms with Crippen molar-refractivity contribution in [2.24, 2.45) is 0 Å². The van der Waals surface area contributed by atoms with Crippen LogP contribution in [0.4, 0.5) is 4.39 Å². The van der Waals surface area contributed by atoms with Crippen molar-refractivity contribution in [1.82, 2.24) is 25.1 Å². The zero-order valence-corrected chi connectivity index (χ0v) is 16.9. The number of amides is 1. The van der Waals surface area contributed by atoms with Gasteiger partial charge in [0.1, 0.15) is 5.82 Å². The number of carbonyl (C=O) groups is 1. The predicted molar refractivity (Wildman–Crippen MR) is 107 cm³/mol. The molecule has 3 rings (SSSR count). The smallest absolute Gasteiger partial charge is 0.233 e. The first-order valence-electron chi connectivity index (χ1n) is 8.94. The molecule has 6 nitrogen and oxygen atoms in total. The van der Waals surface area contributed by atoms with Gasteiger partial charge in [-0.2, -0.15) is 4.68 Å². The highest BCUT2D eigenvalue weighted by atomic mass is 32.2.